The number of carbonyl (C=O) groups excluding carboxylic acids is 1. The minimum atomic E-state index is 0.263. The molecule has 1 atom stereocenters. The minimum absolute atomic E-state index is 0.263. The Labute approximate surface area is 128 Å². The Morgan fingerprint density at radius 1 is 1.14 bits per heavy atom. The van der Waals surface area contributed by atoms with Crippen molar-refractivity contribution in [3.8, 4) is 5.75 Å². The molecule has 1 aliphatic rings. The number of amides is 1. The van der Waals surface area contributed by atoms with E-state index in [0.29, 0.717) is 12.5 Å². The van der Waals surface area contributed by atoms with E-state index in [0.717, 1.165) is 24.3 Å². The Hall–Kier alpha value is -1.51. The van der Waals surface area contributed by atoms with Gasteiger partial charge in [-0.25, -0.2) is 0 Å². The van der Waals surface area contributed by atoms with Crippen LogP contribution >= 0.6 is 0 Å². The number of nitrogens with zero attached hydrogens (tertiary/aromatic N) is 1. The van der Waals surface area contributed by atoms with E-state index in [1.165, 1.54) is 32.1 Å². The van der Waals surface area contributed by atoms with E-state index in [2.05, 4.69) is 6.92 Å². The number of methoxy groups -OCH3 is 1. The summed E-state index contributed by atoms with van der Waals surface area (Å²) in [4.78, 5) is 14.2. The number of hydrogen-bond acceptors (Lipinski definition) is 2. The van der Waals surface area contributed by atoms with Gasteiger partial charge in [-0.3, -0.25) is 4.79 Å². The topological polar surface area (TPSA) is 29.5 Å². The molecule has 3 nitrogen and oxygen atoms in total. The Bertz CT molecular complexity index is 441. The van der Waals surface area contributed by atoms with Gasteiger partial charge in [0.15, 0.2) is 0 Å². The molecule has 116 valence electrons. The summed E-state index contributed by atoms with van der Waals surface area (Å²) in [5.74, 6) is 1.10. The molecule has 1 aliphatic heterocycles. The predicted molar refractivity (Wildman–Crippen MR) is 86.9 cm³/mol. The van der Waals surface area contributed by atoms with Crippen molar-refractivity contribution in [2.75, 3.05) is 12.0 Å². The van der Waals surface area contributed by atoms with Crippen LogP contribution in [0, 0.1) is 0 Å². The Morgan fingerprint density at radius 3 is 2.52 bits per heavy atom. The third-order valence-corrected chi connectivity index (χ3v) is 4.32. The summed E-state index contributed by atoms with van der Waals surface area (Å²) in [7, 11) is 1.66. The summed E-state index contributed by atoms with van der Waals surface area (Å²) in [5, 5.41) is 0. The highest BCUT2D eigenvalue weighted by Gasteiger charge is 2.31. The van der Waals surface area contributed by atoms with Gasteiger partial charge in [0.1, 0.15) is 5.75 Å². The molecule has 0 radical (unpaired) electrons. The Kier molecular flexibility index (Phi) is 6.09. The molecule has 0 bridgehead atoms. The molecule has 0 aliphatic carbocycles. The van der Waals surface area contributed by atoms with Crippen LogP contribution in [0.4, 0.5) is 5.69 Å². The Morgan fingerprint density at radius 2 is 1.86 bits per heavy atom. The summed E-state index contributed by atoms with van der Waals surface area (Å²) in [6.07, 6.45) is 9.25. The van der Waals surface area contributed by atoms with Gasteiger partial charge < -0.3 is 9.64 Å². The highest BCUT2D eigenvalue weighted by Crippen LogP contribution is 2.30. The molecule has 2 rings (SSSR count). The average molecular weight is 289 g/mol. The number of benzene rings is 1. The van der Waals surface area contributed by atoms with E-state index >= 15 is 0 Å². The van der Waals surface area contributed by atoms with Gasteiger partial charge in [-0.2, -0.15) is 0 Å². The van der Waals surface area contributed by atoms with Crippen LogP contribution in [-0.4, -0.2) is 19.1 Å². The van der Waals surface area contributed by atoms with E-state index in [1.54, 1.807) is 7.11 Å². The van der Waals surface area contributed by atoms with Crippen molar-refractivity contribution in [2.45, 2.75) is 64.3 Å². The highest BCUT2D eigenvalue weighted by atomic mass is 16.5. The molecule has 0 saturated carbocycles. The van der Waals surface area contributed by atoms with Crippen molar-refractivity contribution in [1.29, 1.82) is 0 Å². The van der Waals surface area contributed by atoms with Crippen molar-refractivity contribution in [3.05, 3.63) is 24.3 Å². The van der Waals surface area contributed by atoms with Gasteiger partial charge in [-0.15, -0.1) is 0 Å². The zero-order chi connectivity index (χ0) is 15.1. The second-order valence-corrected chi connectivity index (χ2v) is 5.86. The first kappa shape index (κ1) is 15.9. The van der Waals surface area contributed by atoms with Gasteiger partial charge in [0.25, 0.3) is 0 Å². The maximum Gasteiger partial charge on any atom is 0.227 e. The van der Waals surface area contributed by atoms with Gasteiger partial charge in [-0.05, 0) is 37.1 Å². The second-order valence-electron chi connectivity index (χ2n) is 5.86. The van der Waals surface area contributed by atoms with Gasteiger partial charge in [-0.1, -0.05) is 39.0 Å². The minimum Gasteiger partial charge on any atom is -0.497 e. The third kappa shape index (κ3) is 4.23. The number of carbonyl (C=O) groups is 1. The fourth-order valence-corrected chi connectivity index (χ4v) is 3.10. The summed E-state index contributed by atoms with van der Waals surface area (Å²) in [5.41, 5.74) is 1.01. The number of rotatable bonds is 8. The molecule has 0 aromatic heterocycles. The number of hydrogen-bond donors (Lipinski definition) is 0. The molecule has 1 aromatic rings. The smallest absolute Gasteiger partial charge is 0.227 e. The molecular formula is C18H27NO2. The van der Waals surface area contributed by atoms with E-state index in [9.17, 15) is 4.79 Å². The van der Waals surface area contributed by atoms with Crippen LogP contribution in [0.3, 0.4) is 0 Å². The van der Waals surface area contributed by atoms with E-state index in [1.807, 2.05) is 29.2 Å². The maximum atomic E-state index is 12.2. The van der Waals surface area contributed by atoms with Crippen molar-refractivity contribution >= 4 is 11.6 Å². The Balaban J connectivity index is 1.92. The van der Waals surface area contributed by atoms with E-state index in [4.69, 9.17) is 4.74 Å². The third-order valence-electron chi connectivity index (χ3n) is 4.32. The maximum absolute atomic E-state index is 12.2. The van der Waals surface area contributed by atoms with Gasteiger partial charge in [0, 0.05) is 18.2 Å². The van der Waals surface area contributed by atoms with Crippen molar-refractivity contribution in [2.24, 2.45) is 0 Å². The van der Waals surface area contributed by atoms with Gasteiger partial charge in [0.2, 0.25) is 5.91 Å². The van der Waals surface area contributed by atoms with Crippen LogP contribution in [0.1, 0.15) is 58.3 Å². The molecule has 1 aromatic carbocycles. The van der Waals surface area contributed by atoms with Crippen molar-refractivity contribution in [1.82, 2.24) is 0 Å². The lowest BCUT2D eigenvalue weighted by Crippen LogP contribution is -2.32. The predicted octanol–water partition coefficient (Wildman–Crippen LogP) is 4.55. The van der Waals surface area contributed by atoms with E-state index in [-0.39, 0.29) is 5.91 Å². The van der Waals surface area contributed by atoms with Crippen molar-refractivity contribution < 1.29 is 9.53 Å². The molecular weight excluding hydrogens is 262 g/mol. The molecule has 21 heavy (non-hydrogen) atoms. The monoisotopic (exact) mass is 289 g/mol. The second kappa shape index (κ2) is 8.06. The quantitative estimate of drug-likeness (QED) is 0.657. The first-order valence-corrected chi connectivity index (χ1v) is 8.22. The summed E-state index contributed by atoms with van der Waals surface area (Å²) >= 11 is 0. The van der Waals surface area contributed by atoms with Crippen LogP contribution in [-0.2, 0) is 4.79 Å². The molecule has 1 saturated heterocycles. The van der Waals surface area contributed by atoms with Crippen LogP contribution < -0.4 is 9.64 Å². The molecule has 1 amide bonds. The number of anilines is 1. The SMILES string of the molecule is CCCCCCCC1CCC(=O)N1c1ccc(OC)cc1. The average Bonchev–Trinajstić information content (AvgIpc) is 2.88. The molecule has 1 fully saturated rings. The first-order valence-electron chi connectivity index (χ1n) is 8.22. The summed E-state index contributed by atoms with van der Waals surface area (Å²) < 4.78 is 5.18. The van der Waals surface area contributed by atoms with Crippen LogP contribution in [0.5, 0.6) is 5.75 Å². The van der Waals surface area contributed by atoms with Crippen LogP contribution in [0.2, 0.25) is 0 Å². The molecule has 1 unspecified atom stereocenters. The lowest BCUT2D eigenvalue weighted by molar-refractivity contribution is -0.117. The summed E-state index contributed by atoms with van der Waals surface area (Å²) in [6.45, 7) is 2.24. The molecule has 1 heterocycles. The number of unbranched alkanes of at least 4 members (excludes halogenated alkanes) is 4. The van der Waals surface area contributed by atoms with Crippen LogP contribution in [0.25, 0.3) is 0 Å². The lowest BCUT2D eigenvalue weighted by Gasteiger charge is -2.25. The highest BCUT2D eigenvalue weighted by molar-refractivity contribution is 5.96. The van der Waals surface area contributed by atoms with Crippen molar-refractivity contribution in [3.63, 3.8) is 0 Å². The standard InChI is InChI=1S/C18H27NO2/c1-3-4-5-6-7-8-15-11-14-18(20)19(15)16-9-12-17(21-2)13-10-16/h9-10,12-13,15H,3-8,11,14H2,1-2H3. The van der Waals surface area contributed by atoms with E-state index < -0.39 is 0 Å². The summed E-state index contributed by atoms with van der Waals surface area (Å²) in [6, 6.07) is 8.23. The lowest BCUT2D eigenvalue weighted by atomic mass is 10.0. The van der Waals surface area contributed by atoms with Gasteiger partial charge >= 0.3 is 0 Å². The normalized spacial score (nSPS) is 18.3. The number of ether oxygens (including phenoxy) is 1. The fourth-order valence-electron chi connectivity index (χ4n) is 3.10. The molecule has 0 N–H and O–H groups in total. The fraction of sp³-hybridized carbons (Fsp3) is 0.611. The zero-order valence-electron chi connectivity index (χ0n) is 13.3. The molecule has 0 spiro atoms. The first-order chi connectivity index (χ1) is 10.3. The zero-order valence-corrected chi connectivity index (χ0v) is 13.3. The van der Waals surface area contributed by atoms with Gasteiger partial charge in [0.05, 0.1) is 7.11 Å². The van der Waals surface area contributed by atoms with Crippen LogP contribution in [0.15, 0.2) is 24.3 Å². The largest absolute Gasteiger partial charge is 0.497 e. The molecule has 3 heteroatoms.